The number of aryl methyl sites for hydroxylation is 1. The Morgan fingerprint density at radius 3 is 2.48 bits per heavy atom. The normalized spacial score (nSPS) is 10.6. The lowest BCUT2D eigenvalue weighted by Crippen LogP contribution is -2.19. The van der Waals surface area contributed by atoms with Crippen molar-refractivity contribution in [2.45, 2.75) is 20.0 Å². The SMILES string of the molecule is Cc1nc(Nc2ccc(OCc3ccc(Cl)cc3)cc2)[nH]c(=O)c1CCO. The summed E-state index contributed by atoms with van der Waals surface area (Å²) in [4.78, 5) is 19.1. The van der Waals surface area contributed by atoms with Crippen LogP contribution in [0.3, 0.4) is 0 Å². The minimum Gasteiger partial charge on any atom is -0.489 e. The number of nitrogens with zero attached hydrogens (tertiary/aromatic N) is 1. The zero-order valence-corrected chi connectivity index (χ0v) is 15.6. The molecule has 3 N–H and O–H groups in total. The van der Waals surface area contributed by atoms with Gasteiger partial charge in [0.15, 0.2) is 0 Å². The Morgan fingerprint density at radius 2 is 1.85 bits per heavy atom. The monoisotopic (exact) mass is 385 g/mol. The molecule has 0 unspecified atom stereocenters. The maximum atomic E-state index is 12.1. The first-order valence-electron chi connectivity index (χ1n) is 8.50. The second-order valence-electron chi connectivity index (χ2n) is 6.02. The van der Waals surface area contributed by atoms with Crippen LogP contribution < -0.4 is 15.6 Å². The first kappa shape index (κ1) is 18.9. The largest absolute Gasteiger partial charge is 0.489 e. The molecule has 140 valence electrons. The number of hydrogen-bond acceptors (Lipinski definition) is 5. The molecule has 6 nitrogen and oxygen atoms in total. The van der Waals surface area contributed by atoms with Crippen LogP contribution in [0.1, 0.15) is 16.8 Å². The Hall–Kier alpha value is -2.83. The zero-order valence-electron chi connectivity index (χ0n) is 14.8. The number of anilines is 2. The lowest BCUT2D eigenvalue weighted by atomic mass is 10.2. The highest BCUT2D eigenvalue weighted by Gasteiger charge is 2.08. The molecule has 0 fully saturated rings. The van der Waals surface area contributed by atoms with Crippen LogP contribution in [0.15, 0.2) is 53.3 Å². The van der Waals surface area contributed by atoms with Gasteiger partial charge in [0.1, 0.15) is 12.4 Å². The third kappa shape index (κ3) is 5.09. The Kier molecular flexibility index (Phi) is 6.11. The second-order valence-corrected chi connectivity index (χ2v) is 6.45. The van der Waals surface area contributed by atoms with Crippen LogP contribution in [0.25, 0.3) is 0 Å². The molecule has 0 aliphatic heterocycles. The van der Waals surface area contributed by atoms with Crippen molar-refractivity contribution in [1.82, 2.24) is 9.97 Å². The van der Waals surface area contributed by atoms with E-state index in [1.54, 1.807) is 6.92 Å². The number of benzene rings is 2. The molecule has 0 amide bonds. The number of aliphatic hydroxyl groups excluding tert-OH is 1. The third-order valence-corrected chi connectivity index (χ3v) is 4.27. The van der Waals surface area contributed by atoms with Crippen LogP contribution in [0.5, 0.6) is 5.75 Å². The quantitative estimate of drug-likeness (QED) is 0.578. The topological polar surface area (TPSA) is 87.2 Å². The number of ether oxygens (including phenoxy) is 1. The summed E-state index contributed by atoms with van der Waals surface area (Å²) >= 11 is 5.87. The smallest absolute Gasteiger partial charge is 0.255 e. The van der Waals surface area contributed by atoms with Crippen molar-refractivity contribution in [2.75, 3.05) is 11.9 Å². The molecule has 27 heavy (non-hydrogen) atoms. The van der Waals surface area contributed by atoms with Gasteiger partial charge < -0.3 is 15.2 Å². The van der Waals surface area contributed by atoms with Crippen LogP contribution in [0.2, 0.25) is 5.02 Å². The molecular weight excluding hydrogens is 366 g/mol. The molecule has 3 aromatic rings. The van der Waals surface area contributed by atoms with Gasteiger partial charge in [0.05, 0.1) is 5.69 Å². The van der Waals surface area contributed by atoms with Gasteiger partial charge in [-0.3, -0.25) is 9.78 Å². The molecule has 0 saturated heterocycles. The average molecular weight is 386 g/mol. The van der Waals surface area contributed by atoms with Crippen molar-refractivity contribution in [1.29, 1.82) is 0 Å². The molecular formula is C20H20ClN3O3. The van der Waals surface area contributed by atoms with Crippen molar-refractivity contribution in [2.24, 2.45) is 0 Å². The van der Waals surface area contributed by atoms with E-state index >= 15 is 0 Å². The Bertz CT molecular complexity index is 954. The number of aromatic amines is 1. The van der Waals surface area contributed by atoms with Crippen molar-refractivity contribution >= 4 is 23.2 Å². The van der Waals surface area contributed by atoms with Crippen molar-refractivity contribution in [3.8, 4) is 5.75 Å². The van der Waals surface area contributed by atoms with Gasteiger partial charge in [-0.15, -0.1) is 0 Å². The van der Waals surface area contributed by atoms with Gasteiger partial charge in [-0.25, -0.2) is 4.98 Å². The third-order valence-electron chi connectivity index (χ3n) is 4.02. The highest BCUT2D eigenvalue weighted by Crippen LogP contribution is 2.19. The summed E-state index contributed by atoms with van der Waals surface area (Å²) in [7, 11) is 0. The predicted molar refractivity (Wildman–Crippen MR) is 106 cm³/mol. The van der Waals surface area contributed by atoms with Crippen LogP contribution in [-0.2, 0) is 13.0 Å². The molecule has 7 heteroatoms. The Morgan fingerprint density at radius 1 is 1.15 bits per heavy atom. The highest BCUT2D eigenvalue weighted by molar-refractivity contribution is 6.30. The maximum absolute atomic E-state index is 12.1. The summed E-state index contributed by atoms with van der Waals surface area (Å²) in [5, 5.41) is 12.8. The van der Waals surface area contributed by atoms with Gasteiger partial charge in [-0.1, -0.05) is 23.7 Å². The fourth-order valence-corrected chi connectivity index (χ4v) is 2.72. The fraction of sp³-hybridized carbons (Fsp3) is 0.200. The number of aromatic nitrogens is 2. The summed E-state index contributed by atoms with van der Waals surface area (Å²) in [5.41, 5.74) is 2.64. The molecule has 3 rings (SSSR count). The molecule has 0 radical (unpaired) electrons. The van der Waals surface area contributed by atoms with Gasteiger partial charge >= 0.3 is 0 Å². The van der Waals surface area contributed by atoms with Crippen molar-refractivity contribution in [3.63, 3.8) is 0 Å². The van der Waals surface area contributed by atoms with Crippen LogP contribution in [0, 0.1) is 6.92 Å². The van der Waals surface area contributed by atoms with E-state index in [0.717, 1.165) is 17.0 Å². The Labute approximate surface area is 161 Å². The lowest BCUT2D eigenvalue weighted by Gasteiger charge is -2.10. The maximum Gasteiger partial charge on any atom is 0.255 e. The minimum atomic E-state index is -0.248. The summed E-state index contributed by atoms with van der Waals surface area (Å²) in [6.45, 7) is 2.11. The fourth-order valence-electron chi connectivity index (χ4n) is 2.59. The van der Waals surface area contributed by atoms with Crippen molar-refractivity contribution in [3.05, 3.63) is 80.7 Å². The van der Waals surface area contributed by atoms with E-state index in [2.05, 4.69) is 15.3 Å². The molecule has 1 aromatic heterocycles. The molecule has 1 heterocycles. The number of rotatable bonds is 7. The summed E-state index contributed by atoms with van der Waals surface area (Å²) in [5.74, 6) is 1.08. The predicted octanol–water partition coefficient (Wildman–Crippen LogP) is 3.59. The van der Waals surface area contributed by atoms with E-state index in [1.165, 1.54) is 0 Å². The second kappa shape index (κ2) is 8.70. The first-order chi connectivity index (χ1) is 13.0. The number of halogens is 1. The summed E-state index contributed by atoms with van der Waals surface area (Å²) < 4.78 is 5.75. The summed E-state index contributed by atoms with van der Waals surface area (Å²) in [6, 6.07) is 14.9. The Balaban J connectivity index is 1.63. The van der Waals surface area contributed by atoms with Crippen molar-refractivity contribution < 1.29 is 9.84 Å². The highest BCUT2D eigenvalue weighted by atomic mass is 35.5. The van der Waals surface area contributed by atoms with E-state index in [9.17, 15) is 4.79 Å². The average Bonchev–Trinajstić information content (AvgIpc) is 2.65. The van der Waals surface area contributed by atoms with Crippen LogP contribution in [-0.4, -0.2) is 21.7 Å². The van der Waals surface area contributed by atoms with E-state index < -0.39 is 0 Å². The molecule has 2 aromatic carbocycles. The number of nitrogens with one attached hydrogen (secondary N) is 2. The van der Waals surface area contributed by atoms with E-state index in [-0.39, 0.29) is 18.6 Å². The zero-order chi connectivity index (χ0) is 19.2. The summed E-state index contributed by atoms with van der Waals surface area (Å²) in [6.07, 6.45) is 0.286. The van der Waals surface area contributed by atoms with Gasteiger partial charge in [0.25, 0.3) is 5.56 Å². The molecule has 0 aliphatic carbocycles. The van der Waals surface area contributed by atoms with E-state index in [1.807, 2.05) is 48.5 Å². The molecule has 0 aliphatic rings. The van der Waals surface area contributed by atoms with Gasteiger partial charge in [0.2, 0.25) is 5.95 Å². The van der Waals surface area contributed by atoms with Crippen LogP contribution in [0.4, 0.5) is 11.6 Å². The lowest BCUT2D eigenvalue weighted by molar-refractivity contribution is 0.298. The minimum absolute atomic E-state index is 0.0874. The first-order valence-corrected chi connectivity index (χ1v) is 8.88. The van der Waals surface area contributed by atoms with Crippen LogP contribution >= 0.6 is 11.6 Å². The van der Waals surface area contributed by atoms with E-state index in [0.29, 0.717) is 28.8 Å². The molecule has 0 atom stereocenters. The molecule has 0 saturated carbocycles. The van der Waals surface area contributed by atoms with Gasteiger partial charge in [-0.2, -0.15) is 0 Å². The standard InChI is InChI=1S/C20H20ClN3O3/c1-13-18(10-11-25)19(26)24-20(22-13)23-16-6-8-17(9-7-16)27-12-14-2-4-15(21)5-3-14/h2-9,25H,10-12H2,1H3,(H2,22,23,24,26). The van der Waals surface area contributed by atoms with Gasteiger partial charge in [0, 0.05) is 29.3 Å². The number of H-pyrrole nitrogens is 1. The van der Waals surface area contributed by atoms with E-state index in [4.69, 9.17) is 21.4 Å². The van der Waals surface area contributed by atoms with Gasteiger partial charge in [-0.05, 0) is 48.9 Å². The number of aliphatic hydroxyl groups is 1. The molecule has 0 spiro atoms. The molecule has 0 bridgehead atoms. The number of hydrogen-bond donors (Lipinski definition) is 3.